The topological polar surface area (TPSA) is 71.5 Å². The van der Waals surface area contributed by atoms with E-state index in [2.05, 4.69) is 10.3 Å². The maximum Gasteiger partial charge on any atom is 0.231 e. The van der Waals surface area contributed by atoms with Gasteiger partial charge in [-0.1, -0.05) is 13.0 Å². The molecular weight excluding hydrogens is 338 g/mol. The van der Waals surface area contributed by atoms with Gasteiger partial charge in [0.2, 0.25) is 11.8 Å². The summed E-state index contributed by atoms with van der Waals surface area (Å²) in [5, 5.41) is 3.46. The van der Waals surface area contributed by atoms with Crippen LogP contribution in [0.2, 0.25) is 0 Å². The Kier molecular flexibility index (Phi) is 5.03. The molecular formula is C18H21N3O3S. The van der Waals surface area contributed by atoms with Crippen LogP contribution in [0.5, 0.6) is 5.75 Å². The molecule has 1 unspecified atom stereocenters. The minimum atomic E-state index is -0.381. The third-order valence-electron chi connectivity index (χ3n) is 4.32. The van der Waals surface area contributed by atoms with Crippen molar-refractivity contribution in [2.24, 2.45) is 5.92 Å². The van der Waals surface area contributed by atoms with Crippen molar-refractivity contribution in [3.63, 3.8) is 0 Å². The van der Waals surface area contributed by atoms with Crippen molar-refractivity contribution in [2.45, 2.75) is 26.7 Å². The second-order valence-electron chi connectivity index (χ2n) is 5.97. The number of hydrogen-bond acceptors (Lipinski definition) is 5. The second-order valence-corrected chi connectivity index (χ2v) is 7.17. The Labute approximate surface area is 150 Å². The van der Waals surface area contributed by atoms with E-state index in [1.54, 1.807) is 18.1 Å². The first kappa shape index (κ1) is 17.4. The zero-order valence-corrected chi connectivity index (χ0v) is 15.4. The Balaban J connectivity index is 1.69. The van der Waals surface area contributed by atoms with Gasteiger partial charge in [0.1, 0.15) is 5.75 Å². The molecule has 1 fully saturated rings. The van der Waals surface area contributed by atoms with E-state index in [0.717, 1.165) is 22.7 Å². The average molecular weight is 359 g/mol. The standard InChI is InChI=1S/C18H21N3O3S/c1-4-15-11(2)25-18(19-15)20-17(23)12-8-16(22)21(10-12)13-6-5-7-14(9-13)24-3/h5-7,9,12H,4,8,10H2,1-3H3,(H,19,20,23). The number of benzene rings is 1. The zero-order chi connectivity index (χ0) is 18.0. The van der Waals surface area contributed by atoms with Gasteiger partial charge in [0, 0.05) is 29.6 Å². The number of rotatable bonds is 5. The molecule has 0 aliphatic carbocycles. The number of amides is 2. The van der Waals surface area contributed by atoms with E-state index in [1.807, 2.05) is 32.0 Å². The van der Waals surface area contributed by atoms with Crippen LogP contribution in [0.3, 0.4) is 0 Å². The number of nitrogens with zero attached hydrogens (tertiary/aromatic N) is 2. The first-order valence-electron chi connectivity index (χ1n) is 8.23. The molecule has 1 aromatic carbocycles. The SMILES string of the molecule is CCc1nc(NC(=O)C2CC(=O)N(c3cccc(OC)c3)C2)sc1C. The number of ether oxygens (including phenoxy) is 1. The van der Waals surface area contributed by atoms with Gasteiger partial charge in [0.15, 0.2) is 5.13 Å². The number of aryl methyl sites for hydroxylation is 2. The Morgan fingerprint density at radius 1 is 1.48 bits per heavy atom. The van der Waals surface area contributed by atoms with Gasteiger partial charge in [-0.05, 0) is 25.5 Å². The van der Waals surface area contributed by atoms with Crippen molar-refractivity contribution < 1.29 is 14.3 Å². The highest BCUT2D eigenvalue weighted by Crippen LogP contribution is 2.29. The van der Waals surface area contributed by atoms with Crippen LogP contribution >= 0.6 is 11.3 Å². The van der Waals surface area contributed by atoms with Crippen molar-refractivity contribution in [1.82, 2.24) is 4.98 Å². The summed E-state index contributed by atoms with van der Waals surface area (Å²) in [6, 6.07) is 7.30. The number of anilines is 2. The zero-order valence-electron chi connectivity index (χ0n) is 14.5. The van der Waals surface area contributed by atoms with Gasteiger partial charge in [0.25, 0.3) is 0 Å². The van der Waals surface area contributed by atoms with Crippen LogP contribution < -0.4 is 15.0 Å². The van der Waals surface area contributed by atoms with Crippen LogP contribution in [0.15, 0.2) is 24.3 Å². The molecule has 0 saturated carbocycles. The number of thiazole rings is 1. The fourth-order valence-corrected chi connectivity index (χ4v) is 3.83. The summed E-state index contributed by atoms with van der Waals surface area (Å²) in [4.78, 5) is 32.0. The molecule has 1 saturated heterocycles. The number of methoxy groups -OCH3 is 1. The van der Waals surface area contributed by atoms with Crippen LogP contribution in [-0.4, -0.2) is 30.5 Å². The molecule has 25 heavy (non-hydrogen) atoms. The van der Waals surface area contributed by atoms with E-state index in [4.69, 9.17) is 4.74 Å². The summed E-state index contributed by atoms with van der Waals surface area (Å²) in [5.41, 5.74) is 1.75. The number of carbonyl (C=O) groups excluding carboxylic acids is 2. The van der Waals surface area contributed by atoms with Crippen molar-refractivity contribution >= 4 is 34.0 Å². The molecule has 1 atom stereocenters. The molecule has 6 nitrogen and oxygen atoms in total. The maximum absolute atomic E-state index is 12.5. The summed E-state index contributed by atoms with van der Waals surface area (Å²) in [7, 11) is 1.59. The highest BCUT2D eigenvalue weighted by molar-refractivity contribution is 7.15. The summed E-state index contributed by atoms with van der Waals surface area (Å²) in [6.45, 7) is 4.40. The van der Waals surface area contributed by atoms with Crippen molar-refractivity contribution in [1.29, 1.82) is 0 Å². The van der Waals surface area contributed by atoms with E-state index in [9.17, 15) is 9.59 Å². The Bertz CT molecular complexity index is 803. The van der Waals surface area contributed by atoms with Crippen molar-refractivity contribution in [2.75, 3.05) is 23.9 Å². The third kappa shape index (κ3) is 3.66. The molecule has 0 radical (unpaired) electrons. The largest absolute Gasteiger partial charge is 0.497 e. The lowest BCUT2D eigenvalue weighted by Gasteiger charge is -2.17. The molecule has 1 aliphatic rings. The molecule has 0 bridgehead atoms. The lowest BCUT2D eigenvalue weighted by Crippen LogP contribution is -2.28. The molecule has 1 aliphatic heterocycles. The minimum Gasteiger partial charge on any atom is -0.497 e. The summed E-state index contributed by atoms with van der Waals surface area (Å²) in [6.07, 6.45) is 1.04. The normalized spacial score (nSPS) is 17.0. The molecule has 7 heteroatoms. The van der Waals surface area contributed by atoms with E-state index in [1.165, 1.54) is 11.3 Å². The molecule has 1 aromatic heterocycles. The highest BCUT2D eigenvalue weighted by Gasteiger charge is 2.35. The van der Waals surface area contributed by atoms with Crippen molar-refractivity contribution in [3.05, 3.63) is 34.8 Å². The minimum absolute atomic E-state index is 0.0574. The fraction of sp³-hybridized carbons (Fsp3) is 0.389. The molecule has 3 rings (SSSR count). The van der Waals surface area contributed by atoms with Gasteiger partial charge < -0.3 is 15.0 Å². The second kappa shape index (κ2) is 7.23. The van der Waals surface area contributed by atoms with E-state index >= 15 is 0 Å². The van der Waals surface area contributed by atoms with E-state index in [-0.39, 0.29) is 24.2 Å². The van der Waals surface area contributed by atoms with Gasteiger partial charge >= 0.3 is 0 Å². The molecule has 132 valence electrons. The Hall–Kier alpha value is -2.41. The van der Waals surface area contributed by atoms with Crippen LogP contribution in [0.25, 0.3) is 0 Å². The first-order valence-corrected chi connectivity index (χ1v) is 9.05. The smallest absolute Gasteiger partial charge is 0.231 e. The molecule has 2 aromatic rings. The van der Waals surface area contributed by atoms with E-state index in [0.29, 0.717) is 17.4 Å². The molecule has 1 N–H and O–H groups in total. The van der Waals surface area contributed by atoms with Gasteiger partial charge in [0.05, 0.1) is 18.7 Å². The predicted molar refractivity (Wildman–Crippen MR) is 98.3 cm³/mol. The highest BCUT2D eigenvalue weighted by atomic mass is 32.1. The number of aromatic nitrogens is 1. The van der Waals surface area contributed by atoms with Crippen molar-refractivity contribution in [3.8, 4) is 5.75 Å². The Morgan fingerprint density at radius 3 is 2.96 bits per heavy atom. The molecule has 2 heterocycles. The van der Waals surface area contributed by atoms with Gasteiger partial charge in [-0.25, -0.2) is 4.98 Å². The number of carbonyl (C=O) groups is 2. The first-order chi connectivity index (χ1) is 12.0. The molecule has 0 spiro atoms. The van der Waals surface area contributed by atoms with Crippen LogP contribution in [0.1, 0.15) is 23.9 Å². The van der Waals surface area contributed by atoms with Gasteiger partial charge in [-0.3, -0.25) is 9.59 Å². The fourth-order valence-electron chi connectivity index (χ4n) is 2.93. The molecule has 2 amide bonds. The summed E-state index contributed by atoms with van der Waals surface area (Å²) in [5.74, 6) is 0.0876. The van der Waals surface area contributed by atoms with Crippen LogP contribution in [0, 0.1) is 12.8 Å². The lowest BCUT2D eigenvalue weighted by atomic mass is 10.1. The van der Waals surface area contributed by atoms with E-state index < -0.39 is 0 Å². The number of hydrogen-bond donors (Lipinski definition) is 1. The summed E-state index contributed by atoms with van der Waals surface area (Å²) >= 11 is 1.47. The third-order valence-corrected chi connectivity index (χ3v) is 5.25. The van der Waals surface area contributed by atoms with Gasteiger partial charge in [-0.15, -0.1) is 11.3 Å². The van der Waals surface area contributed by atoms with Crippen LogP contribution in [-0.2, 0) is 16.0 Å². The predicted octanol–water partition coefficient (Wildman–Crippen LogP) is 3.01. The number of nitrogens with one attached hydrogen (secondary N) is 1. The van der Waals surface area contributed by atoms with Gasteiger partial charge in [-0.2, -0.15) is 0 Å². The maximum atomic E-state index is 12.5. The summed E-state index contributed by atoms with van der Waals surface area (Å²) < 4.78 is 5.20. The Morgan fingerprint density at radius 2 is 2.28 bits per heavy atom. The quantitative estimate of drug-likeness (QED) is 0.891. The van der Waals surface area contributed by atoms with Crippen LogP contribution in [0.4, 0.5) is 10.8 Å². The average Bonchev–Trinajstić information content (AvgIpc) is 3.17. The monoisotopic (exact) mass is 359 g/mol. The lowest BCUT2D eigenvalue weighted by molar-refractivity contribution is -0.122.